The van der Waals surface area contributed by atoms with E-state index in [1.807, 2.05) is 36.7 Å². The molecular formula is C32H42N2O2. The highest BCUT2D eigenvalue weighted by Gasteiger charge is 2.07. The first kappa shape index (κ1) is 27.6. The summed E-state index contributed by atoms with van der Waals surface area (Å²) in [6.07, 6.45) is 16.0. The SMILES string of the molecule is CCCCCc1ccc(-c2ncc(-c3ccc(OC(=O)CCCCCCC(C)CC)cc3)cn2)cc1. The van der Waals surface area contributed by atoms with Crippen molar-refractivity contribution in [3.05, 3.63) is 66.5 Å². The molecule has 0 fully saturated rings. The van der Waals surface area contributed by atoms with E-state index in [1.54, 1.807) is 0 Å². The number of esters is 1. The number of unbranched alkanes of at least 4 members (excludes halogenated alkanes) is 5. The number of benzene rings is 2. The first-order valence-corrected chi connectivity index (χ1v) is 13.8. The fourth-order valence-electron chi connectivity index (χ4n) is 4.24. The van der Waals surface area contributed by atoms with Crippen LogP contribution in [0.1, 0.15) is 90.5 Å². The molecule has 0 spiro atoms. The van der Waals surface area contributed by atoms with Gasteiger partial charge >= 0.3 is 5.97 Å². The Balaban J connectivity index is 1.45. The molecule has 1 heterocycles. The highest BCUT2D eigenvalue weighted by atomic mass is 16.5. The van der Waals surface area contributed by atoms with E-state index >= 15 is 0 Å². The molecule has 0 aliphatic carbocycles. The van der Waals surface area contributed by atoms with Crippen LogP contribution in [0.2, 0.25) is 0 Å². The number of carbonyl (C=O) groups is 1. The minimum Gasteiger partial charge on any atom is -0.427 e. The molecule has 0 radical (unpaired) electrons. The van der Waals surface area contributed by atoms with E-state index in [9.17, 15) is 4.79 Å². The third-order valence-electron chi connectivity index (χ3n) is 6.88. The Hall–Kier alpha value is -3.01. The van der Waals surface area contributed by atoms with E-state index in [2.05, 4.69) is 55.0 Å². The molecule has 0 aliphatic rings. The number of hydrogen-bond acceptors (Lipinski definition) is 4. The van der Waals surface area contributed by atoms with Crippen LogP contribution in [0.3, 0.4) is 0 Å². The van der Waals surface area contributed by atoms with Crippen LogP contribution in [0.25, 0.3) is 22.5 Å². The molecule has 0 N–H and O–H groups in total. The lowest BCUT2D eigenvalue weighted by Gasteiger charge is -2.08. The average Bonchev–Trinajstić information content (AvgIpc) is 2.91. The number of carbonyl (C=O) groups excluding carboxylic acids is 1. The van der Waals surface area contributed by atoms with Gasteiger partial charge < -0.3 is 4.74 Å². The molecule has 3 rings (SSSR count). The summed E-state index contributed by atoms with van der Waals surface area (Å²) in [6, 6.07) is 16.1. The lowest BCUT2D eigenvalue weighted by molar-refractivity contribution is -0.134. The van der Waals surface area contributed by atoms with Gasteiger partial charge in [-0.1, -0.05) is 102 Å². The Morgan fingerprint density at radius 2 is 1.44 bits per heavy atom. The molecule has 0 bridgehead atoms. The second-order valence-electron chi connectivity index (χ2n) is 9.91. The molecule has 0 saturated heterocycles. The number of aryl methyl sites for hydroxylation is 1. The molecule has 4 nitrogen and oxygen atoms in total. The maximum atomic E-state index is 12.2. The van der Waals surface area contributed by atoms with Crippen LogP contribution in [0, 0.1) is 5.92 Å². The molecule has 4 heteroatoms. The van der Waals surface area contributed by atoms with E-state index in [0.717, 1.165) is 47.7 Å². The highest BCUT2D eigenvalue weighted by molar-refractivity contribution is 5.73. The van der Waals surface area contributed by atoms with Crippen LogP contribution < -0.4 is 4.74 Å². The van der Waals surface area contributed by atoms with Crippen molar-refractivity contribution in [1.29, 1.82) is 0 Å². The molecule has 1 unspecified atom stereocenters. The topological polar surface area (TPSA) is 52.1 Å². The van der Waals surface area contributed by atoms with Gasteiger partial charge in [0.15, 0.2) is 5.82 Å². The van der Waals surface area contributed by atoms with Crippen molar-refractivity contribution in [2.24, 2.45) is 5.92 Å². The van der Waals surface area contributed by atoms with Crippen molar-refractivity contribution >= 4 is 5.97 Å². The van der Waals surface area contributed by atoms with Gasteiger partial charge in [-0.15, -0.1) is 0 Å². The fourth-order valence-corrected chi connectivity index (χ4v) is 4.24. The second-order valence-corrected chi connectivity index (χ2v) is 9.91. The molecule has 3 aromatic rings. The summed E-state index contributed by atoms with van der Waals surface area (Å²) in [5, 5.41) is 0. The summed E-state index contributed by atoms with van der Waals surface area (Å²) in [7, 11) is 0. The van der Waals surface area contributed by atoms with E-state index in [4.69, 9.17) is 4.74 Å². The van der Waals surface area contributed by atoms with E-state index in [1.165, 1.54) is 50.5 Å². The molecule has 2 aromatic carbocycles. The summed E-state index contributed by atoms with van der Waals surface area (Å²) in [4.78, 5) is 21.3. The zero-order valence-corrected chi connectivity index (χ0v) is 22.3. The van der Waals surface area contributed by atoms with Crippen LogP contribution in [0.5, 0.6) is 5.75 Å². The lowest BCUT2D eigenvalue weighted by Crippen LogP contribution is -2.07. The standard InChI is InChI=1S/C32H42N2O2/c1-4-6-9-13-26-15-17-28(18-16-26)32-33-23-29(24-34-32)27-19-21-30(22-20-27)36-31(35)14-11-8-7-10-12-25(3)5-2/h15-25H,4-14H2,1-3H3. The summed E-state index contributed by atoms with van der Waals surface area (Å²) >= 11 is 0. The molecule has 192 valence electrons. The molecule has 0 saturated carbocycles. The van der Waals surface area contributed by atoms with Gasteiger partial charge in [0.05, 0.1) is 0 Å². The summed E-state index contributed by atoms with van der Waals surface area (Å²) in [5.41, 5.74) is 4.32. The largest absolute Gasteiger partial charge is 0.427 e. The number of hydrogen-bond donors (Lipinski definition) is 0. The van der Waals surface area contributed by atoms with Gasteiger partial charge in [0.2, 0.25) is 0 Å². The molecular weight excluding hydrogens is 444 g/mol. The number of aromatic nitrogens is 2. The first-order chi connectivity index (χ1) is 17.6. The van der Waals surface area contributed by atoms with Crippen LogP contribution in [-0.4, -0.2) is 15.9 Å². The zero-order valence-electron chi connectivity index (χ0n) is 22.3. The summed E-state index contributed by atoms with van der Waals surface area (Å²) < 4.78 is 5.51. The molecule has 36 heavy (non-hydrogen) atoms. The summed E-state index contributed by atoms with van der Waals surface area (Å²) in [5.74, 6) is 1.95. The van der Waals surface area contributed by atoms with Crippen LogP contribution in [0.15, 0.2) is 60.9 Å². The first-order valence-electron chi connectivity index (χ1n) is 13.8. The zero-order chi connectivity index (χ0) is 25.6. The van der Waals surface area contributed by atoms with Gasteiger partial charge in [-0.2, -0.15) is 0 Å². The molecule has 0 amide bonds. The van der Waals surface area contributed by atoms with Crippen molar-refractivity contribution in [3.63, 3.8) is 0 Å². The molecule has 0 aliphatic heterocycles. The van der Waals surface area contributed by atoms with E-state index < -0.39 is 0 Å². The Kier molecular flexibility index (Phi) is 11.6. The van der Waals surface area contributed by atoms with Gasteiger partial charge in [-0.25, -0.2) is 9.97 Å². The molecule has 1 aromatic heterocycles. The maximum Gasteiger partial charge on any atom is 0.311 e. The van der Waals surface area contributed by atoms with Gasteiger partial charge in [-0.3, -0.25) is 4.79 Å². The monoisotopic (exact) mass is 486 g/mol. The van der Waals surface area contributed by atoms with Crippen molar-refractivity contribution in [3.8, 4) is 28.3 Å². The Morgan fingerprint density at radius 1 is 0.778 bits per heavy atom. The van der Waals surface area contributed by atoms with Crippen molar-refractivity contribution < 1.29 is 9.53 Å². The van der Waals surface area contributed by atoms with Crippen LogP contribution >= 0.6 is 0 Å². The lowest BCUT2D eigenvalue weighted by atomic mass is 10.0. The van der Waals surface area contributed by atoms with Gasteiger partial charge in [0, 0.05) is 29.9 Å². The van der Waals surface area contributed by atoms with Crippen molar-refractivity contribution in [1.82, 2.24) is 9.97 Å². The normalized spacial score (nSPS) is 11.9. The number of rotatable bonds is 15. The predicted molar refractivity (Wildman–Crippen MR) is 149 cm³/mol. The maximum absolute atomic E-state index is 12.2. The Bertz CT molecular complexity index is 1030. The third-order valence-corrected chi connectivity index (χ3v) is 6.88. The quantitative estimate of drug-likeness (QED) is 0.122. The van der Waals surface area contributed by atoms with Gasteiger partial charge in [0.25, 0.3) is 0 Å². The van der Waals surface area contributed by atoms with E-state index in [-0.39, 0.29) is 5.97 Å². The minimum atomic E-state index is -0.159. The smallest absolute Gasteiger partial charge is 0.311 e. The van der Waals surface area contributed by atoms with Crippen molar-refractivity contribution in [2.75, 3.05) is 0 Å². The van der Waals surface area contributed by atoms with Crippen LogP contribution in [0.4, 0.5) is 0 Å². The van der Waals surface area contributed by atoms with Gasteiger partial charge in [-0.05, 0) is 48.4 Å². The predicted octanol–water partition coefficient (Wildman–Crippen LogP) is 8.84. The van der Waals surface area contributed by atoms with Gasteiger partial charge in [0.1, 0.15) is 5.75 Å². The van der Waals surface area contributed by atoms with Crippen molar-refractivity contribution in [2.45, 2.75) is 91.4 Å². The summed E-state index contributed by atoms with van der Waals surface area (Å²) in [6.45, 7) is 6.78. The Labute approximate surface area is 217 Å². The highest BCUT2D eigenvalue weighted by Crippen LogP contribution is 2.24. The second kappa shape index (κ2) is 15.2. The Morgan fingerprint density at radius 3 is 2.11 bits per heavy atom. The average molecular weight is 487 g/mol. The third kappa shape index (κ3) is 9.22. The van der Waals surface area contributed by atoms with Crippen LogP contribution in [-0.2, 0) is 11.2 Å². The number of nitrogens with zero attached hydrogens (tertiary/aromatic N) is 2. The minimum absolute atomic E-state index is 0.159. The fraction of sp³-hybridized carbons (Fsp3) is 0.469. The molecule has 1 atom stereocenters. The van der Waals surface area contributed by atoms with E-state index in [0.29, 0.717) is 12.2 Å². The number of ether oxygens (including phenoxy) is 1.